The van der Waals surface area contributed by atoms with Crippen LogP contribution in [0.15, 0.2) is 67.1 Å². The largest absolute Gasteiger partial charge is 0.369 e. The van der Waals surface area contributed by atoms with Gasteiger partial charge < -0.3 is 14.4 Å². The van der Waals surface area contributed by atoms with Crippen LogP contribution >= 0.6 is 0 Å². The maximum atomic E-state index is 12.5. The Hall–Kier alpha value is -3.08. The molecular weight excluding hydrogens is 348 g/mol. The van der Waals surface area contributed by atoms with Crippen LogP contribution in [0.2, 0.25) is 0 Å². The summed E-state index contributed by atoms with van der Waals surface area (Å²) in [5.41, 5.74) is 4.55. The number of carbonyl (C=O) groups excluding carboxylic acids is 1. The van der Waals surface area contributed by atoms with Crippen molar-refractivity contribution in [1.82, 2.24) is 14.5 Å². The van der Waals surface area contributed by atoms with E-state index in [2.05, 4.69) is 58.4 Å². The highest BCUT2D eigenvalue weighted by Crippen LogP contribution is 2.20. The summed E-state index contributed by atoms with van der Waals surface area (Å²) in [4.78, 5) is 21.1. The van der Waals surface area contributed by atoms with Gasteiger partial charge in [-0.15, -0.1) is 0 Å². The smallest absolute Gasteiger partial charge is 0.224 e. The Kier molecular flexibility index (Phi) is 5.42. The molecule has 1 saturated heterocycles. The molecule has 0 saturated carbocycles. The number of carbonyl (C=O) groups is 1. The van der Waals surface area contributed by atoms with E-state index in [1.165, 1.54) is 11.3 Å². The van der Waals surface area contributed by atoms with Crippen molar-refractivity contribution >= 4 is 11.6 Å². The Bertz CT molecular complexity index is 917. The minimum Gasteiger partial charge on any atom is -0.369 e. The molecule has 5 nitrogen and oxygen atoms in total. The third-order valence-corrected chi connectivity index (χ3v) is 5.33. The Labute approximate surface area is 166 Å². The average Bonchev–Trinajstić information content (AvgIpc) is 3.08. The van der Waals surface area contributed by atoms with Crippen LogP contribution in [-0.4, -0.2) is 46.5 Å². The number of nitrogens with zero attached hydrogens (tertiary/aromatic N) is 4. The highest BCUT2D eigenvalue weighted by Gasteiger charge is 2.20. The second-order valence-corrected chi connectivity index (χ2v) is 7.29. The number of hydrogen-bond donors (Lipinski definition) is 0. The summed E-state index contributed by atoms with van der Waals surface area (Å²) in [6.07, 6.45) is 5.33. The Morgan fingerprint density at radius 1 is 0.929 bits per heavy atom. The summed E-state index contributed by atoms with van der Waals surface area (Å²) in [6, 6.07) is 18.9. The molecule has 0 N–H and O–H groups in total. The van der Waals surface area contributed by atoms with E-state index in [0.717, 1.165) is 44.0 Å². The van der Waals surface area contributed by atoms with E-state index in [-0.39, 0.29) is 5.91 Å². The summed E-state index contributed by atoms with van der Waals surface area (Å²) < 4.78 is 2.02. The number of aromatic nitrogens is 2. The number of rotatable bonds is 5. The van der Waals surface area contributed by atoms with Crippen LogP contribution in [0.5, 0.6) is 0 Å². The first kappa shape index (κ1) is 18.3. The third-order valence-electron chi connectivity index (χ3n) is 5.33. The van der Waals surface area contributed by atoms with Gasteiger partial charge in [-0.3, -0.25) is 4.79 Å². The van der Waals surface area contributed by atoms with Gasteiger partial charge in [0.1, 0.15) is 0 Å². The molecule has 0 spiro atoms. The van der Waals surface area contributed by atoms with Gasteiger partial charge in [-0.1, -0.05) is 30.3 Å². The molecular formula is C23H26N4O. The maximum absolute atomic E-state index is 12.5. The Morgan fingerprint density at radius 3 is 2.39 bits per heavy atom. The molecule has 0 atom stereocenters. The van der Waals surface area contributed by atoms with E-state index in [4.69, 9.17) is 0 Å². The highest BCUT2D eigenvalue weighted by molar-refractivity contribution is 5.77. The van der Waals surface area contributed by atoms with E-state index < -0.39 is 0 Å². The molecule has 1 amide bonds. The molecule has 1 aliphatic rings. The lowest BCUT2D eigenvalue weighted by molar-refractivity contribution is -0.130. The molecule has 0 aliphatic carbocycles. The minimum absolute atomic E-state index is 0.254. The van der Waals surface area contributed by atoms with Crippen LogP contribution in [0.1, 0.15) is 17.7 Å². The van der Waals surface area contributed by atoms with Crippen LogP contribution in [0.25, 0.3) is 5.69 Å². The second-order valence-electron chi connectivity index (χ2n) is 7.29. The van der Waals surface area contributed by atoms with Gasteiger partial charge in [0.2, 0.25) is 5.91 Å². The molecule has 1 aliphatic heterocycles. The molecule has 2 aromatic carbocycles. The zero-order valence-corrected chi connectivity index (χ0v) is 16.3. The normalized spacial score (nSPS) is 15.0. The van der Waals surface area contributed by atoms with E-state index in [1.54, 1.807) is 0 Å². The lowest BCUT2D eigenvalue weighted by Crippen LogP contribution is -2.34. The van der Waals surface area contributed by atoms with Crippen LogP contribution in [-0.2, 0) is 11.2 Å². The molecule has 1 fully saturated rings. The van der Waals surface area contributed by atoms with Crippen molar-refractivity contribution < 1.29 is 4.79 Å². The maximum Gasteiger partial charge on any atom is 0.224 e. The number of amides is 1. The SMILES string of the molecule is Cc1cn(-c2ccc(N3CCC(=O)N(CCc4ccccc4)CC3)cc2)cn1. The van der Waals surface area contributed by atoms with Crippen molar-refractivity contribution in [3.05, 3.63) is 78.4 Å². The predicted octanol–water partition coefficient (Wildman–Crippen LogP) is 3.46. The number of imidazole rings is 1. The van der Waals surface area contributed by atoms with E-state index in [0.29, 0.717) is 6.42 Å². The van der Waals surface area contributed by atoms with Gasteiger partial charge in [0.05, 0.1) is 12.0 Å². The minimum atomic E-state index is 0.254. The molecule has 0 radical (unpaired) electrons. The summed E-state index contributed by atoms with van der Waals surface area (Å²) in [6.45, 7) is 5.18. The molecule has 3 aromatic rings. The average molecular weight is 374 g/mol. The second kappa shape index (κ2) is 8.30. The third kappa shape index (κ3) is 4.25. The molecule has 4 rings (SSSR count). The van der Waals surface area contributed by atoms with Gasteiger partial charge in [0.25, 0.3) is 0 Å². The van der Waals surface area contributed by atoms with Crippen molar-refractivity contribution in [1.29, 1.82) is 0 Å². The van der Waals surface area contributed by atoms with Gasteiger partial charge in [0, 0.05) is 50.2 Å². The van der Waals surface area contributed by atoms with Crippen molar-refractivity contribution in [3.63, 3.8) is 0 Å². The molecule has 2 heterocycles. The number of benzene rings is 2. The van der Waals surface area contributed by atoms with Crippen LogP contribution < -0.4 is 4.90 Å². The first-order chi connectivity index (χ1) is 13.7. The standard InChI is InChI=1S/C23H26N4O/c1-19-17-27(18-24-19)22-9-7-21(8-10-22)25-14-12-23(28)26(16-15-25)13-11-20-5-3-2-4-6-20/h2-10,17-18H,11-16H2,1H3. The summed E-state index contributed by atoms with van der Waals surface area (Å²) >= 11 is 0. The van der Waals surface area contributed by atoms with Crippen LogP contribution in [0, 0.1) is 6.92 Å². The van der Waals surface area contributed by atoms with Crippen LogP contribution in [0.4, 0.5) is 5.69 Å². The van der Waals surface area contributed by atoms with E-state index >= 15 is 0 Å². The number of aryl methyl sites for hydroxylation is 1. The Morgan fingerprint density at radius 2 is 1.68 bits per heavy atom. The molecule has 28 heavy (non-hydrogen) atoms. The molecule has 144 valence electrons. The van der Waals surface area contributed by atoms with Crippen molar-refractivity contribution in [2.24, 2.45) is 0 Å². The number of anilines is 1. The van der Waals surface area contributed by atoms with Crippen molar-refractivity contribution in [2.45, 2.75) is 19.8 Å². The summed E-state index contributed by atoms with van der Waals surface area (Å²) in [7, 11) is 0. The zero-order valence-electron chi connectivity index (χ0n) is 16.3. The first-order valence-electron chi connectivity index (χ1n) is 9.87. The molecule has 1 aromatic heterocycles. The fraction of sp³-hybridized carbons (Fsp3) is 0.304. The van der Waals surface area contributed by atoms with Gasteiger partial charge in [-0.05, 0) is 43.2 Å². The van der Waals surface area contributed by atoms with Gasteiger partial charge in [0.15, 0.2) is 0 Å². The van der Waals surface area contributed by atoms with Gasteiger partial charge >= 0.3 is 0 Å². The quantitative estimate of drug-likeness (QED) is 0.687. The number of hydrogen-bond acceptors (Lipinski definition) is 3. The monoisotopic (exact) mass is 374 g/mol. The molecule has 0 bridgehead atoms. The van der Waals surface area contributed by atoms with E-state index in [1.807, 2.05) is 35.0 Å². The predicted molar refractivity (Wildman–Crippen MR) is 112 cm³/mol. The van der Waals surface area contributed by atoms with Crippen LogP contribution in [0.3, 0.4) is 0 Å². The lowest BCUT2D eigenvalue weighted by atomic mass is 10.1. The van der Waals surface area contributed by atoms with Crippen molar-refractivity contribution in [3.8, 4) is 5.69 Å². The first-order valence-corrected chi connectivity index (χ1v) is 9.87. The highest BCUT2D eigenvalue weighted by atomic mass is 16.2. The van der Waals surface area contributed by atoms with Gasteiger partial charge in [-0.2, -0.15) is 0 Å². The van der Waals surface area contributed by atoms with E-state index in [9.17, 15) is 4.79 Å². The fourth-order valence-electron chi connectivity index (χ4n) is 3.67. The fourth-order valence-corrected chi connectivity index (χ4v) is 3.67. The summed E-state index contributed by atoms with van der Waals surface area (Å²) in [5, 5.41) is 0. The summed E-state index contributed by atoms with van der Waals surface area (Å²) in [5.74, 6) is 0.254. The topological polar surface area (TPSA) is 41.4 Å². The molecule has 0 unspecified atom stereocenters. The van der Waals surface area contributed by atoms with Crippen molar-refractivity contribution in [2.75, 3.05) is 31.1 Å². The zero-order chi connectivity index (χ0) is 19.3. The Balaban J connectivity index is 1.38. The van der Waals surface area contributed by atoms with Gasteiger partial charge in [-0.25, -0.2) is 4.98 Å². The molecule has 5 heteroatoms. The lowest BCUT2D eigenvalue weighted by Gasteiger charge is -2.24.